The van der Waals surface area contributed by atoms with Crippen LogP contribution < -0.4 is 0 Å². The smallest absolute Gasteiger partial charge is 0.231 e. The van der Waals surface area contributed by atoms with Gasteiger partial charge in [-0.1, -0.05) is 146 Å². The minimum absolute atomic E-state index is 0.565. The van der Waals surface area contributed by atoms with E-state index in [-0.39, 0.29) is 0 Å². The Morgan fingerprint density at radius 1 is 0.327 bits per heavy atom. The first-order chi connectivity index (χ1) is 24.3. The molecular formula is C43H27N5O. The van der Waals surface area contributed by atoms with Crippen LogP contribution in [0.5, 0.6) is 0 Å². The van der Waals surface area contributed by atoms with Gasteiger partial charge in [0, 0.05) is 33.2 Å². The highest BCUT2D eigenvalue weighted by Gasteiger charge is 2.18. The van der Waals surface area contributed by atoms with E-state index in [0.717, 1.165) is 61.0 Å². The topological polar surface area (TPSA) is 77.6 Å². The summed E-state index contributed by atoms with van der Waals surface area (Å²) >= 11 is 0. The number of aromatic nitrogens is 5. The molecule has 3 aromatic heterocycles. The van der Waals surface area contributed by atoms with Crippen LogP contribution in [0.3, 0.4) is 0 Å². The molecule has 9 rings (SSSR count). The van der Waals surface area contributed by atoms with Crippen molar-refractivity contribution in [1.82, 2.24) is 24.9 Å². The van der Waals surface area contributed by atoms with Gasteiger partial charge < -0.3 is 4.42 Å². The average Bonchev–Trinajstić information content (AvgIpc) is 3.57. The predicted octanol–water partition coefficient (Wildman–Crippen LogP) is 10.6. The SMILES string of the molecule is c1ccc(-c2nc(-c3ccccc3)nc(-c3cccc(-c4cccc(-c5nc(-c6ccccc6)c6c(n5)oc5ccccc56)c4)c3)n2)cc1. The van der Waals surface area contributed by atoms with Crippen LogP contribution in [-0.2, 0) is 0 Å². The Bertz CT molecular complexity index is 2540. The zero-order valence-corrected chi connectivity index (χ0v) is 26.2. The Balaban J connectivity index is 1.15. The molecule has 0 bridgehead atoms. The quantitative estimate of drug-likeness (QED) is 0.182. The second-order valence-electron chi connectivity index (χ2n) is 11.7. The van der Waals surface area contributed by atoms with Crippen LogP contribution in [0.4, 0.5) is 0 Å². The van der Waals surface area contributed by atoms with E-state index in [1.807, 2.05) is 121 Å². The first kappa shape index (κ1) is 28.4. The van der Waals surface area contributed by atoms with Gasteiger partial charge in [-0.05, 0) is 29.3 Å². The largest absolute Gasteiger partial charge is 0.438 e. The van der Waals surface area contributed by atoms with Gasteiger partial charge in [-0.3, -0.25) is 0 Å². The Labute approximate surface area is 282 Å². The van der Waals surface area contributed by atoms with Gasteiger partial charge in [-0.2, -0.15) is 4.98 Å². The van der Waals surface area contributed by atoms with Gasteiger partial charge in [0.25, 0.3) is 0 Å². The molecule has 0 aliphatic heterocycles. The summed E-state index contributed by atoms with van der Waals surface area (Å²) in [6, 6.07) is 54.8. The molecule has 0 saturated carbocycles. The third kappa shape index (κ3) is 5.41. The molecular weight excluding hydrogens is 603 g/mol. The number of hydrogen-bond donors (Lipinski definition) is 0. The highest BCUT2D eigenvalue weighted by Crippen LogP contribution is 2.37. The number of para-hydroxylation sites is 1. The summed E-state index contributed by atoms with van der Waals surface area (Å²) in [7, 11) is 0. The lowest BCUT2D eigenvalue weighted by Gasteiger charge is -2.10. The van der Waals surface area contributed by atoms with Crippen LogP contribution in [0.15, 0.2) is 168 Å². The van der Waals surface area contributed by atoms with E-state index in [1.54, 1.807) is 0 Å². The van der Waals surface area contributed by atoms with E-state index in [0.29, 0.717) is 29.0 Å². The Hall–Kier alpha value is -6.79. The number of hydrogen-bond acceptors (Lipinski definition) is 6. The van der Waals surface area contributed by atoms with Crippen LogP contribution in [0, 0.1) is 0 Å². The summed E-state index contributed by atoms with van der Waals surface area (Å²) in [4.78, 5) is 24.8. The molecule has 0 fully saturated rings. The van der Waals surface area contributed by atoms with Crippen molar-refractivity contribution in [3.05, 3.63) is 164 Å². The Morgan fingerprint density at radius 3 is 1.33 bits per heavy atom. The molecule has 0 N–H and O–H groups in total. The standard InChI is InChI=1S/C43H27N5O/c1-4-14-28(15-5-1)38-37-35-24-10-11-25-36(35)49-43(37)48-41(44-38)33-22-12-20-31(26-33)32-21-13-23-34(27-32)42-46-39(29-16-6-2-7-17-29)45-40(47-42)30-18-8-3-9-19-30/h1-27H. The molecule has 0 unspecified atom stereocenters. The van der Waals surface area contributed by atoms with Crippen molar-refractivity contribution < 1.29 is 4.42 Å². The molecule has 0 amide bonds. The molecule has 6 nitrogen and oxygen atoms in total. The van der Waals surface area contributed by atoms with Crippen molar-refractivity contribution in [1.29, 1.82) is 0 Å². The predicted molar refractivity (Wildman–Crippen MR) is 195 cm³/mol. The van der Waals surface area contributed by atoms with Crippen molar-refractivity contribution in [3.63, 3.8) is 0 Å². The first-order valence-corrected chi connectivity index (χ1v) is 16.1. The van der Waals surface area contributed by atoms with E-state index in [1.165, 1.54) is 0 Å². The maximum atomic E-state index is 6.27. The molecule has 0 saturated heterocycles. The second kappa shape index (κ2) is 12.1. The summed E-state index contributed by atoms with van der Waals surface area (Å²) in [5, 5.41) is 1.91. The zero-order valence-electron chi connectivity index (χ0n) is 26.2. The van der Waals surface area contributed by atoms with Crippen molar-refractivity contribution in [2.45, 2.75) is 0 Å². The third-order valence-corrected chi connectivity index (χ3v) is 8.56. The molecule has 0 radical (unpaired) electrons. The van der Waals surface area contributed by atoms with Gasteiger partial charge in [0.05, 0.1) is 11.1 Å². The molecule has 0 spiro atoms. The van der Waals surface area contributed by atoms with Crippen LogP contribution in [0.25, 0.3) is 90.0 Å². The normalized spacial score (nSPS) is 11.3. The van der Waals surface area contributed by atoms with Gasteiger partial charge in [0.15, 0.2) is 23.3 Å². The van der Waals surface area contributed by atoms with Gasteiger partial charge in [0.2, 0.25) is 5.71 Å². The van der Waals surface area contributed by atoms with E-state index >= 15 is 0 Å². The highest BCUT2D eigenvalue weighted by molar-refractivity contribution is 6.10. The van der Waals surface area contributed by atoms with Crippen molar-refractivity contribution >= 4 is 22.1 Å². The molecule has 49 heavy (non-hydrogen) atoms. The van der Waals surface area contributed by atoms with Gasteiger partial charge >= 0.3 is 0 Å². The average molecular weight is 630 g/mol. The summed E-state index contributed by atoms with van der Waals surface area (Å²) in [6.07, 6.45) is 0. The molecule has 9 aromatic rings. The van der Waals surface area contributed by atoms with E-state index < -0.39 is 0 Å². The minimum atomic E-state index is 0.565. The van der Waals surface area contributed by atoms with E-state index in [9.17, 15) is 0 Å². The van der Waals surface area contributed by atoms with Crippen LogP contribution >= 0.6 is 0 Å². The molecule has 3 heterocycles. The molecule has 0 aliphatic carbocycles. The number of fused-ring (bicyclic) bond motifs is 3. The van der Waals surface area contributed by atoms with Crippen molar-refractivity contribution in [2.75, 3.05) is 0 Å². The number of nitrogens with zero attached hydrogens (tertiary/aromatic N) is 5. The van der Waals surface area contributed by atoms with Crippen LogP contribution in [-0.4, -0.2) is 24.9 Å². The lowest BCUT2D eigenvalue weighted by atomic mass is 10.00. The summed E-state index contributed by atoms with van der Waals surface area (Å²) in [6.45, 7) is 0. The Kier molecular flexibility index (Phi) is 7.02. The molecule has 0 atom stereocenters. The third-order valence-electron chi connectivity index (χ3n) is 8.56. The maximum absolute atomic E-state index is 6.27. The first-order valence-electron chi connectivity index (χ1n) is 16.1. The lowest BCUT2D eigenvalue weighted by Crippen LogP contribution is -2.00. The fourth-order valence-corrected chi connectivity index (χ4v) is 6.17. The monoisotopic (exact) mass is 629 g/mol. The Morgan fingerprint density at radius 2 is 0.755 bits per heavy atom. The van der Waals surface area contributed by atoms with Gasteiger partial charge in [-0.25, -0.2) is 19.9 Å². The van der Waals surface area contributed by atoms with Gasteiger partial charge in [0.1, 0.15) is 5.58 Å². The summed E-state index contributed by atoms with van der Waals surface area (Å²) in [5.74, 6) is 2.46. The van der Waals surface area contributed by atoms with Crippen molar-refractivity contribution in [3.8, 4) is 67.9 Å². The second-order valence-corrected chi connectivity index (χ2v) is 11.7. The molecule has 6 aromatic carbocycles. The fourth-order valence-electron chi connectivity index (χ4n) is 6.17. The van der Waals surface area contributed by atoms with Crippen molar-refractivity contribution in [2.24, 2.45) is 0 Å². The van der Waals surface area contributed by atoms with E-state index in [2.05, 4.69) is 42.5 Å². The lowest BCUT2D eigenvalue weighted by molar-refractivity contribution is 0.653. The molecule has 0 aliphatic rings. The number of rotatable bonds is 6. The highest BCUT2D eigenvalue weighted by atomic mass is 16.3. The number of benzene rings is 6. The maximum Gasteiger partial charge on any atom is 0.231 e. The van der Waals surface area contributed by atoms with Crippen LogP contribution in [0.1, 0.15) is 0 Å². The molecule has 6 heteroatoms. The zero-order chi connectivity index (χ0) is 32.6. The fraction of sp³-hybridized carbons (Fsp3) is 0. The van der Waals surface area contributed by atoms with Gasteiger partial charge in [-0.15, -0.1) is 0 Å². The van der Waals surface area contributed by atoms with E-state index in [4.69, 9.17) is 29.3 Å². The number of furan rings is 1. The summed E-state index contributed by atoms with van der Waals surface area (Å²) in [5.41, 5.74) is 8.90. The minimum Gasteiger partial charge on any atom is -0.438 e. The van der Waals surface area contributed by atoms with Crippen LogP contribution in [0.2, 0.25) is 0 Å². The molecule has 230 valence electrons. The summed E-state index contributed by atoms with van der Waals surface area (Å²) < 4.78 is 6.27.